The fourth-order valence-electron chi connectivity index (χ4n) is 0.914. The molecule has 0 radical (unpaired) electrons. The zero-order valence-corrected chi connectivity index (χ0v) is 8.85. The Balaban J connectivity index is 2.82. The van der Waals surface area contributed by atoms with Crippen LogP contribution in [0, 0.1) is 6.92 Å². The Kier molecular flexibility index (Phi) is 3.35. The minimum absolute atomic E-state index is 1.12. The predicted octanol–water partition coefficient (Wildman–Crippen LogP) is 3.70. The quantitative estimate of drug-likeness (QED) is 0.810. The molecule has 1 nitrogen and oxygen atoms in total. The molecule has 0 saturated heterocycles. The summed E-state index contributed by atoms with van der Waals surface area (Å²) in [5.74, 6) is 0. The van der Waals surface area contributed by atoms with Crippen LogP contribution in [-0.2, 0) is 0 Å². The third-order valence-corrected chi connectivity index (χ3v) is 2.46. The number of nitrogens with one attached hydrogen (secondary N) is 1. The Morgan fingerprint density at radius 3 is 2.75 bits per heavy atom. The number of aryl methyl sites for hydroxylation is 1. The number of allylic oxidation sites excluding steroid dienone is 1. The first-order valence-electron chi connectivity index (χ1n) is 3.88. The number of anilines is 1. The molecule has 1 aromatic rings. The number of hydrogen-bond acceptors (Lipinski definition) is 1. The molecule has 0 unspecified atom stereocenters. The summed E-state index contributed by atoms with van der Waals surface area (Å²) in [6.45, 7) is 4.06. The lowest BCUT2D eigenvalue weighted by molar-refractivity contribution is 1.41. The Labute approximate surface area is 81.6 Å². The average molecular weight is 226 g/mol. The van der Waals surface area contributed by atoms with Gasteiger partial charge in [0.2, 0.25) is 0 Å². The first-order chi connectivity index (χ1) is 5.74. The van der Waals surface area contributed by atoms with E-state index in [1.165, 1.54) is 5.56 Å². The van der Waals surface area contributed by atoms with Crippen molar-refractivity contribution < 1.29 is 0 Å². The van der Waals surface area contributed by atoms with Crippen molar-refractivity contribution in [3.8, 4) is 0 Å². The molecule has 0 saturated carbocycles. The van der Waals surface area contributed by atoms with E-state index in [1.54, 1.807) is 0 Å². The summed E-state index contributed by atoms with van der Waals surface area (Å²) >= 11 is 3.45. The largest absolute Gasteiger partial charge is 0.362 e. The Morgan fingerprint density at radius 1 is 1.42 bits per heavy atom. The van der Waals surface area contributed by atoms with Gasteiger partial charge in [0.15, 0.2) is 0 Å². The second-order valence-corrected chi connectivity index (χ2v) is 3.46. The lowest BCUT2D eigenvalue weighted by Crippen LogP contribution is -1.87. The number of halogens is 1. The van der Waals surface area contributed by atoms with E-state index in [2.05, 4.69) is 34.2 Å². The van der Waals surface area contributed by atoms with Crippen LogP contribution in [0.1, 0.15) is 12.5 Å². The van der Waals surface area contributed by atoms with Crippen LogP contribution < -0.4 is 5.32 Å². The van der Waals surface area contributed by atoms with Crippen molar-refractivity contribution in [2.45, 2.75) is 13.8 Å². The molecule has 12 heavy (non-hydrogen) atoms. The summed E-state index contributed by atoms with van der Waals surface area (Å²) < 4.78 is 1.15. The van der Waals surface area contributed by atoms with Crippen LogP contribution in [0.25, 0.3) is 0 Å². The number of rotatable bonds is 2. The normalized spacial score (nSPS) is 10.6. The van der Waals surface area contributed by atoms with Gasteiger partial charge in [0.25, 0.3) is 0 Å². The van der Waals surface area contributed by atoms with Gasteiger partial charge in [-0.25, -0.2) is 0 Å². The SMILES string of the molecule is CC=CNc1ccc(Br)c(C)c1. The molecule has 0 fully saturated rings. The second-order valence-electron chi connectivity index (χ2n) is 2.61. The van der Waals surface area contributed by atoms with Gasteiger partial charge in [-0.3, -0.25) is 0 Å². The molecule has 0 heterocycles. The van der Waals surface area contributed by atoms with E-state index in [9.17, 15) is 0 Å². The summed E-state index contributed by atoms with van der Waals surface area (Å²) in [5, 5.41) is 3.16. The highest BCUT2D eigenvalue weighted by Crippen LogP contribution is 2.19. The van der Waals surface area contributed by atoms with Crippen LogP contribution in [-0.4, -0.2) is 0 Å². The van der Waals surface area contributed by atoms with Crippen LogP contribution in [0.3, 0.4) is 0 Å². The van der Waals surface area contributed by atoms with Crippen molar-refractivity contribution in [2.75, 3.05) is 5.32 Å². The van der Waals surface area contributed by atoms with Gasteiger partial charge < -0.3 is 5.32 Å². The van der Waals surface area contributed by atoms with Crippen LogP contribution in [0.2, 0.25) is 0 Å². The molecule has 0 aliphatic heterocycles. The fourth-order valence-corrected chi connectivity index (χ4v) is 1.16. The Bertz CT molecular complexity index is 292. The van der Waals surface area contributed by atoms with Crippen molar-refractivity contribution in [2.24, 2.45) is 0 Å². The van der Waals surface area contributed by atoms with E-state index in [0.717, 1.165) is 10.2 Å². The van der Waals surface area contributed by atoms with Gasteiger partial charge in [-0.05, 0) is 43.8 Å². The smallest absolute Gasteiger partial charge is 0.0383 e. The van der Waals surface area contributed by atoms with Gasteiger partial charge in [0, 0.05) is 10.2 Å². The third kappa shape index (κ3) is 2.38. The van der Waals surface area contributed by atoms with Crippen molar-refractivity contribution in [3.63, 3.8) is 0 Å². The van der Waals surface area contributed by atoms with Gasteiger partial charge in [0.1, 0.15) is 0 Å². The number of hydrogen-bond donors (Lipinski definition) is 1. The summed E-state index contributed by atoms with van der Waals surface area (Å²) in [6.07, 6.45) is 3.89. The molecular weight excluding hydrogens is 214 g/mol. The minimum Gasteiger partial charge on any atom is -0.362 e. The zero-order chi connectivity index (χ0) is 8.97. The van der Waals surface area contributed by atoms with E-state index in [-0.39, 0.29) is 0 Å². The van der Waals surface area contributed by atoms with Crippen LogP contribution in [0.5, 0.6) is 0 Å². The molecule has 0 amide bonds. The maximum Gasteiger partial charge on any atom is 0.0383 e. The van der Waals surface area contributed by atoms with Gasteiger partial charge >= 0.3 is 0 Å². The summed E-state index contributed by atoms with van der Waals surface area (Å²) in [5.41, 5.74) is 2.36. The molecule has 0 aromatic heterocycles. The van der Waals surface area contributed by atoms with Gasteiger partial charge in [-0.2, -0.15) is 0 Å². The van der Waals surface area contributed by atoms with Crippen molar-refractivity contribution in [1.29, 1.82) is 0 Å². The van der Waals surface area contributed by atoms with Crippen molar-refractivity contribution in [3.05, 3.63) is 40.5 Å². The Morgan fingerprint density at radius 2 is 2.17 bits per heavy atom. The molecule has 0 spiro atoms. The zero-order valence-electron chi connectivity index (χ0n) is 7.26. The monoisotopic (exact) mass is 225 g/mol. The van der Waals surface area contributed by atoms with E-state index in [1.807, 2.05) is 31.3 Å². The van der Waals surface area contributed by atoms with Crippen LogP contribution in [0.4, 0.5) is 5.69 Å². The first-order valence-corrected chi connectivity index (χ1v) is 4.67. The third-order valence-electron chi connectivity index (χ3n) is 1.57. The highest BCUT2D eigenvalue weighted by Gasteiger charge is 1.94. The average Bonchev–Trinajstić information content (AvgIpc) is 2.07. The number of benzene rings is 1. The molecule has 2 heteroatoms. The van der Waals surface area contributed by atoms with E-state index in [0.29, 0.717) is 0 Å². The molecule has 1 N–H and O–H groups in total. The van der Waals surface area contributed by atoms with E-state index < -0.39 is 0 Å². The van der Waals surface area contributed by atoms with E-state index in [4.69, 9.17) is 0 Å². The van der Waals surface area contributed by atoms with Crippen molar-refractivity contribution >= 4 is 21.6 Å². The van der Waals surface area contributed by atoms with Crippen LogP contribution >= 0.6 is 15.9 Å². The molecule has 0 aliphatic rings. The van der Waals surface area contributed by atoms with Gasteiger partial charge in [-0.1, -0.05) is 22.0 Å². The lowest BCUT2D eigenvalue weighted by atomic mass is 10.2. The maximum atomic E-state index is 3.45. The molecule has 1 rings (SSSR count). The van der Waals surface area contributed by atoms with Crippen molar-refractivity contribution in [1.82, 2.24) is 0 Å². The molecule has 64 valence electrons. The predicted molar refractivity (Wildman–Crippen MR) is 57.3 cm³/mol. The molecule has 0 bridgehead atoms. The molecule has 0 aliphatic carbocycles. The lowest BCUT2D eigenvalue weighted by Gasteiger charge is -2.02. The Hall–Kier alpha value is -0.760. The second kappa shape index (κ2) is 4.31. The van der Waals surface area contributed by atoms with Crippen LogP contribution in [0.15, 0.2) is 34.9 Å². The highest BCUT2D eigenvalue weighted by molar-refractivity contribution is 9.10. The first kappa shape index (κ1) is 9.33. The maximum absolute atomic E-state index is 3.45. The molecule has 0 atom stereocenters. The minimum atomic E-state index is 1.12. The standard InChI is InChI=1S/C10H12BrN/c1-3-6-12-9-4-5-10(11)8(2)7-9/h3-7,12H,1-2H3. The summed E-state index contributed by atoms with van der Waals surface area (Å²) in [4.78, 5) is 0. The highest BCUT2D eigenvalue weighted by atomic mass is 79.9. The summed E-state index contributed by atoms with van der Waals surface area (Å²) in [6, 6.07) is 6.18. The molecule has 1 aromatic carbocycles. The molecular formula is C10H12BrN. The topological polar surface area (TPSA) is 12.0 Å². The van der Waals surface area contributed by atoms with Gasteiger partial charge in [-0.15, -0.1) is 0 Å². The summed E-state index contributed by atoms with van der Waals surface area (Å²) in [7, 11) is 0. The van der Waals surface area contributed by atoms with E-state index >= 15 is 0 Å². The van der Waals surface area contributed by atoms with Gasteiger partial charge in [0.05, 0.1) is 0 Å². The fraction of sp³-hybridized carbons (Fsp3) is 0.200.